The van der Waals surface area contributed by atoms with Crippen molar-refractivity contribution in [2.45, 2.75) is 38.6 Å². The fraction of sp³-hybridized carbons (Fsp3) is 0.467. The van der Waals surface area contributed by atoms with Gasteiger partial charge in [0.1, 0.15) is 5.82 Å². The molecule has 1 atom stereocenters. The molecule has 5 heteroatoms. The van der Waals surface area contributed by atoms with Crippen LogP contribution in [0.5, 0.6) is 0 Å². The van der Waals surface area contributed by atoms with Gasteiger partial charge in [-0.25, -0.2) is 4.39 Å². The molecule has 1 aromatic carbocycles. The fourth-order valence-corrected chi connectivity index (χ4v) is 2.54. The SMILES string of the molecule is Cc1ccc(-c2noc(C3(C)CCCCN3)n2)cc1F. The first kappa shape index (κ1) is 13.2. The molecule has 1 N–H and O–H groups in total. The highest BCUT2D eigenvalue weighted by molar-refractivity contribution is 5.55. The van der Waals surface area contributed by atoms with Crippen LogP contribution < -0.4 is 5.32 Å². The summed E-state index contributed by atoms with van der Waals surface area (Å²) < 4.78 is 19.0. The molecule has 0 radical (unpaired) electrons. The Morgan fingerprint density at radius 2 is 2.20 bits per heavy atom. The molecule has 2 aromatic rings. The molecule has 1 aliphatic heterocycles. The molecule has 1 saturated heterocycles. The van der Waals surface area contributed by atoms with Crippen molar-refractivity contribution in [3.63, 3.8) is 0 Å². The molecule has 0 bridgehead atoms. The van der Waals surface area contributed by atoms with Crippen LogP contribution in [0.3, 0.4) is 0 Å². The molecule has 2 heterocycles. The molecule has 106 valence electrons. The van der Waals surface area contributed by atoms with Crippen molar-refractivity contribution in [3.05, 3.63) is 35.5 Å². The lowest BCUT2D eigenvalue weighted by Gasteiger charge is -2.31. The number of nitrogens with zero attached hydrogens (tertiary/aromatic N) is 2. The van der Waals surface area contributed by atoms with E-state index in [1.165, 1.54) is 12.5 Å². The monoisotopic (exact) mass is 275 g/mol. The van der Waals surface area contributed by atoms with Gasteiger partial charge in [0, 0.05) is 5.56 Å². The van der Waals surface area contributed by atoms with Gasteiger partial charge >= 0.3 is 0 Å². The van der Waals surface area contributed by atoms with Gasteiger partial charge in [-0.2, -0.15) is 4.98 Å². The molecule has 0 aliphatic carbocycles. The summed E-state index contributed by atoms with van der Waals surface area (Å²) in [5.74, 6) is 0.761. The van der Waals surface area contributed by atoms with Crippen LogP contribution in [-0.4, -0.2) is 16.7 Å². The molecule has 0 saturated carbocycles. The molecule has 1 unspecified atom stereocenters. The predicted molar refractivity (Wildman–Crippen MR) is 73.6 cm³/mol. The molecule has 0 spiro atoms. The number of rotatable bonds is 2. The maximum atomic E-state index is 13.6. The largest absolute Gasteiger partial charge is 0.337 e. The number of aromatic nitrogens is 2. The first-order chi connectivity index (χ1) is 9.58. The van der Waals surface area contributed by atoms with Crippen LogP contribution in [0, 0.1) is 12.7 Å². The van der Waals surface area contributed by atoms with Crippen molar-refractivity contribution in [1.29, 1.82) is 0 Å². The summed E-state index contributed by atoms with van der Waals surface area (Å²) >= 11 is 0. The van der Waals surface area contributed by atoms with E-state index < -0.39 is 0 Å². The van der Waals surface area contributed by atoms with Crippen LogP contribution in [0.25, 0.3) is 11.4 Å². The van der Waals surface area contributed by atoms with Gasteiger partial charge in [-0.3, -0.25) is 0 Å². The molecule has 4 nitrogen and oxygen atoms in total. The highest BCUT2D eigenvalue weighted by Crippen LogP contribution is 2.30. The van der Waals surface area contributed by atoms with E-state index in [1.807, 2.05) is 6.07 Å². The van der Waals surface area contributed by atoms with Crippen molar-refractivity contribution in [2.75, 3.05) is 6.54 Å². The van der Waals surface area contributed by atoms with Crippen LogP contribution in [-0.2, 0) is 5.54 Å². The number of hydrogen-bond acceptors (Lipinski definition) is 4. The fourth-order valence-electron chi connectivity index (χ4n) is 2.54. The Kier molecular flexibility index (Phi) is 3.30. The first-order valence-corrected chi connectivity index (χ1v) is 6.94. The summed E-state index contributed by atoms with van der Waals surface area (Å²) in [5.41, 5.74) is 0.980. The number of nitrogens with one attached hydrogen (secondary N) is 1. The zero-order chi connectivity index (χ0) is 14.2. The Labute approximate surface area is 117 Å². The lowest BCUT2D eigenvalue weighted by molar-refractivity contribution is 0.207. The summed E-state index contributed by atoms with van der Waals surface area (Å²) in [6, 6.07) is 4.98. The average Bonchev–Trinajstić information content (AvgIpc) is 2.93. The summed E-state index contributed by atoms with van der Waals surface area (Å²) in [6.07, 6.45) is 3.27. The van der Waals surface area contributed by atoms with E-state index in [0.717, 1.165) is 19.4 Å². The van der Waals surface area contributed by atoms with E-state index in [9.17, 15) is 4.39 Å². The lowest BCUT2D eigenvalue weighted by Crippen LogP contribution is -2.43. The summed E-state index contributed by atoms with van der Waals surface area (Å²) in [7, 11) is 0. The quantitative estimate of drug-likeness (QED) is 0.914. The highest BCUT2D eigenvalue weighted by atomic mass is 19.1. The normalized spacial score (nSPS) is 22.9. The van der Waals surface area contributed by atoms with Crippen molar-refractivity contribution in [3.8, 4) is 11.4 Å². The van der Waals surface area contributed by atoms with Crippen LogP contribution in [0.4, 0.5) is 4.39 Å². The maximum absolute atomic E-state index is 13.6. The van der Waals surface area contributed by atoms with Gasteiger partial charge in [-0.15, -0.1) is 0 Å². The van der Waals surface area contributed by atoms with E-state index in [1.54, 1.807) is 13.0 Å². The predicted octanol–water partition coefficient (Wildman–Crippen LogP) is 3.17. The molecular weight excluding hydrogens is 257 g/mol. The minimum atomic E-state index is -0.271. The Balaban J connectivity index is 1.91. The standard InChI is InChI=1S/C15H18FN3O/c1-10-5-6-11(9-12(10)16)13-18-14(20-19-13)15(2)7-3-4-8-17-15/h5-6,9,17H,3-4,7-8H2,1-2H3. The zero-order valence-corrected chi connectivity index (χ0v) is 11.7. The van der Waals surface area contributed by atoms with Gasteiger partial charge < -0.3 is 9.84 Å². The van der Waals surface area contributed by atoms with E-state index in [0.29, 0.717) is 22.8 Å². The summed E-state index contributed by atoms with van der Waals surface area (Å²) in [4.78, 5) is 4.44. The average molecular weight is 275 g/mol. The molecular formula is C15H18FN3O. The molecule has 0 amide bonds. The van der Waals surface area contributed by atoms with Crippen LogP contribution in [0.15, 0.2) is 22.7 Å². The summed E-state index contributed by atoms with van der Waals surface area (Å²) in [5, 5.41) is 7.41. The van der Waals surface area contributed by atoms with Gasteiger partial charge in [-0.05, 0) is 51.3 Å². The van der Waals surface area contributed by atoms with E-state index in [-0.39, 0.29) is 11.4 Å². The van der Waals surface area contributed by atoms with Gasteiger partial charge in [0.2, 0.25) is 11.7 Å². The third-order valence-corrected chi connectivity index (χ3v) is 3.95. The molecule has 1 aliphatic rings. The van der Waals surface area contributed by atoms with Gasteiger partial charge in [-0.1, -0.05) is 17.3 Å². The highest BCUT2D eigenvalue weighted by Gasteiger charge is 2.34. The Hall–Kier alpha value is -1.75. The molecule has 20 heavy (non-hydrogen) atoms. The van der Waals surface area contributed by atoms with Crippen LogP contribution in [0.1, 0.15) is 37.6 Å². The maximum Gasteiger partial charge on any atom is 0.246 e. The minimum Gasteiger partial charge on any atom is -0.337 e. The van der Waals surface area contributed by atoms with Crippen molar-refractivity contribution in [1.82, 2.24) is 15.5 Å². The Morgan fingerprint density at radius 1 is 1.35 bits per heavy atom. The second kappa shape index (κ2) is 4.98. The van der Waals surface area contributed by atoms with E-state index >= 15 is 0 Å². The Morgan fingerprint density at radius 3 is 2.90 bits per heavy atom. The second-order valence-electron chi connectivity index (χ2n) is 5.60. The van der Waals surface area contributed by atoms with Gasteiger partial charge in [0.15, 0.2) is 0 Å². The lowest BCUT2D eigenvalue weighted by atomic mass is 9.91. The van der Waals surface area contributed by atoms with Gasteiger partial charge in [0.25, 0.3) is 0 Å². The molecule has 1 aromatic heterocycles. The topological polar surface area (TPSA) is 51.0 Å². The number of hydrogen-bond donors (Lipinski definition) is 1. The molecule has 1 fully saturated rings. The van der Waals surface area contributed by atoms with Crippen molar-refractivity contribution < 1.29 is 8.91 Å². The first-order valence-electron chi connectivity index (χ1n) is 6.94. The second-order valence-corrected chi connectivity index (χ2v) is 5.60. The number of piperidine rings is 1. The van der Waals surface area contributed by atoms with E-state index in [4.69, 9.17) is 4.52 Å². The third-order valence-electron chi connectivity index (χ3n) is 3.95. The van der Waals surface area contributed by atoms with Crippen LogP contribution >= 0.6 is 0 Å². The van der Waals surface area contributed by atoms with Crippen molar-refractivity contribution in [2.24, 2.45) is 0 Å². The van der Waals surface area contributed by atoms with Crippen LogP contribution in [0.2, 0.25) is 0 Å². The number of halogens is 1. The Bertz CT molecular complexity index is 617. The smallest absolute Gasteiger partial charge is 0.246 e. The van der Waals surface area contributed by atoms with E-state index in [2.05, 4.69) is 22.4 Å². The zero-order valence-electron chi connectivity index (χ0n) is 11.7. The molecule has 3 rings (SSSR count). The van der Waals surface area contributed by atoms with Crippen molar-refractivity contribution >= 4 is 0 Å². The third kappa shape index (κ3) is 2.33. The van der Waals surface area contributed by atoms with Gasteiger partial charge in [0.05, 0.1) is 5.54 Å². The minimum absolute atomic E-state index is 0.254. The number of benzene rings is 1. The number of aryl methyl sites for hydroxylation is 1. The summed E-state index contributed by atoms with van der Waals surface area (Å²) in [6.45, 7) is 4.75.